The molecule has 1 aromatic rings. The van der Waals surface area contributed by atoms with Gasteiger partial charge in [-0.15, -0.1) is 0 Å². The van der Waals surface area contributed by atoms with Crippen LogP contribution in [0.5, 0.6) is 5.75 Å². The molecule has 0 saturated heterocycles. The molecule has 0 unspecified atom stereocenters. The lowest BCUT2D eigenvalue weighted by atomic mass is 9.97. The summed E-state index contributed by atoms with van der Waals surface area (Å²) in [5.41, 5.74) is 2.44. The smallest absolute Gasteiger partial charge is 0.393 e. The summed E-state index contributed by atoms with van der Waals surface area (Å²) in [7, 11) is 1.40. The van der Waals surface area contributed by atoms with Gasteiger partial charge in [-0.1, -0.05) is 15.9 Å². The van der Waals surface area contributed by atoms with E-state index in [1.165, 1.54) is 7.11 Å². The Morgan fingerprint density at radius 2 is 1.59 bits per heavy atom. The van der Waals surface area contributed by atoms with Crippen LogP contribution in [0.3, 0.4) is 0 Å². The number of halogens is 4. The summed E-state index contributed by atoms with van der Waals surface area (Å²) in [6.07, 6.45) is -5.21. The number of benzene rings is 1. The van der Waals surface area contributed by atoms with Crippen LogP contribution in [0.2, 0.25) is 0 Å². The molecule has 0 aliphatic rings. The Kier molecular flexibility index (Phi) is 4.12. The van der Waals surface area contributed by atoms with E-state index in [9.17, 15) is 13.2 Å². The van der Waals surface area contributed by atoms with Gasteiger partial charge in [0.25, 0.3) is 0 Å². The van der Waals surface area contributed by atoms with Crippen molar-refractivity contribution in [1.29, 1.82) is 0 Å². The van der Waals surface area contributed by atoms with Crippen molar-refractivity contribution in [3.8, 4) is 5.75 Å². The molecule has 0 saturated carbocycles. The summed E-state index contributed by atoms with van der Waals surface area (Å²) >= 11 is 3.33. The highest BCUT2D eigenvalue weighted by Crippen LogP contribution is 2.38. The summed E-state index contributed by atoms with van der Waals surface area (Å²) < 4.78 is 43.4. The van der Waals surface area contributed by atoms with Crippen molar-refractivity contribution in [2.75, 3.05) is 7.11 Å². The Morgan fingerprint density at radius 3 is 2.00 bits per heavy atom. The van der Waals surface area contributed by atoms with E-state index < -0.39 is 12.6 Å². The molecule has 0 fully saturated rings. The van der Waals surface area contributed by atoms with Crippen molar-refractivity contribution in [2.45, 2.75) is 33.4 Å². The molecule has 0 spiro atoms. The molecule has 1 nitrogen and oxygen atoms in total. The van der Waals surface area contributed by atoms with E-state index in [-0.39, 0.29) is 5.56 Å². The number of hydrogen-bond donors (Lipinski definition) is 0. The summed E-state index contributed by atoms with van der Waals surface area (Å²) in [4.78, 5) is 0. The molecule has 96 valence electrons. The molecule has 0 aliphatic carbocycles. The second-order valence-corrected chi connectivity index (χ2v) is 4.79. The van der Waals surface area contributed by atoms with Crippen LogP contribution >= 0.6 is 15.9 Å². The van der Waals surface area contributed by atoms with Crippen LogP contribution in [-0.2, 0) is 6.42 Å². The molecular weight excluding hydrogens is 297 g/mol. The maximum atomic E-state index is 12.5. The van der Waals surface area contributed by atoms with E-state index in [1.54, 1.807) is 13.8 Å². The fraction of sp³-hybridized carbons (Fsp3) is 0.500. The van der Waals surface area contributed by atoms with Gasteiger partial charge in [0, 0.05) is 10.0 Å². The van der Waals surface area contributed by atoms with Crippen LogP contribution in [0.25, 0.3) is 0 Å². The second kappa shape index (κ2) is 4.88. The van der Waals surface area contributed by atoms with Crippen LogP contribution in [0, 0.1) is 20.8 Å². The van der Waals surface area contributed by atoms with Crippen LogP contribution in [0.15, 0.2) is 4.47 Å². The number of rotatable bonds is 2. The zero-order valence-electron chi connectivity index (χ0n) is 10.1. The fourth-order valence-corrected chi connectivity index (χ4v) is 2.37. The zero-order valence-corrected chi connectivity index (χ0v) is 11.7. The molecule has 0 atom stereocenters. The normalized spacial score (nSPS) is 11.8. The van der Waals surface area contributed by atoms with E-state index in [1.807, 2.05) is 6.92 Å². The molecule has 0 aliphatic heterocycles. The van der Waals surface area contributed by atoms with Gasteiger partial charge in [-0.25, -0.2) is 0 Å². The summed E-state index contributed by atoms with van der Waals surface area (Å²) in [5.74, 6) is 0.334. The topological polar surface area (TPSA) is 9.23 Å². The van der Waals surface area contributed by atoms with Crippen LogP contribution < -0.4 is 4.74 Å². The zero-order chi connectivity index (χ0) is 13.4. The van der Waals surface area contributed by atoms with Gasteiger partial charge in [-0.2, -0.15) is 13.2 Å². The molecule has 1 aromatic carbocycles. The molecule has 1 rings (SSSR count). The van der Waals surface area contributed by atoms with Gasteiger partial charge in [-0.3, -0.25) is 0 Å². The monoisotopic (exact) mass is 310 g/mol. The van der Waals surface area contributed by atoms with Crippen molar-refractivity contribution in [3.63, 3.8) is 0 Å². The molecule has 17 heavy (non-hydrogen) atoms. The lowest BCUT2D eigenvalue weighted by molar-refractivity contribution is -0.127. The van der Waals surface area contributed by atoms with Crippen molar-refractivity contribution >= 4 is 15.9 Å². The Balaban J connectivity index is 3.47. The van der Waals surface area contributed by atoms with Gasteiger partial charge in [-0.05, 0) is 37.5 Å². The molecule has 0 bridgehead atoms. The minimum Gasteiger partial charge on any atom is -0.496 e. The molecule has 5 heteroatoms. The predicted octanol–water partition coefficient (Wildman–Crippen LogP) is 4.49. The lowest BCUT2D eigenvalue weighted by Crippen LogP contribution is -2.15. The maximum Gasteiger partial charge on any atom is 0.393 e. The Labute approximate surface area is 107 Å². The van der Waals surface area contributed by atoms with Crippen molar-refractivity contribution in [2.24, 2.45) is 0 Å². The standard InChI is InChI=1S/C12H14BrF3O/c1-6-7(2)11(17-4)9(5-12(14,15)16)8(3)10(6)13/h5H2,1-4H3. The average Bonchev–Trinajstić information content (AvgIpc) is 2.22. The number of methoxy groups -OCH3 is 1. The highest BCUT2D eigenvalue weighted by molar-refractivity contribution is 9.10. The van der Waals surface area contributed by atoms with Gasteiger partial charge in [0.15, 0.2) is 0 Å². The van der Waals surface area contributed by atoms with Crippen molar-refractivity contribution < 1.29 is 17.9 Å². The first-order valence-corrected chi connectivity index (χ1v) is 5.87. The molecule has 0 heterocycles. The Morgan fingerprint density at radius 1 is 1.06 bits per heavy atom. The van der Waals surface area contributed by atoms with E-state index >= 15 is 0 Å². The number of alkyl halides is 3. The SMILES string of the molecule is COc1c(C)c(C)c(Br)c(C)c1CC(F)(F)F. The molecule has 0 aromatic heterocycles. The van der Waals surface area contributed by atoms with E-state index in [0.29, 0.717) is 11.3 Å². The number of hydrogen-bond acceptors (Lipinski definition) is 1. The third-order valence-corrected chi connectivity index (χ3v) is 4.06. The fourth-order valence-electron chi connectivity index (χ4n) is 1.83. The minimum absolute atomic E-state index is 0.204. The quantitative estimate of drug-likeness (QED) is 0.782. The van der Waals surface area contributed by atoms with Gasteiger partial charge >= 0.3 is 6.18 Å². The van der Waals surface area contributed by atoms with Crippen LogP contribution in [-0.4, -0.2) is 13.3 Å². The average molecular weight is 311 g/mol. The van der Waals surface area contributed by atoms with Crippen LogP contribution in [0.1, 0.15) is 22.3 Å². The molecule has 0 N–H and O–H groups in total. The highest BCUT2D eigenvalue weighted by atomic mass is 79.9. The van der Waals surface area contributed by atoms with E-state index in [4.69, 9.17) is 4.74 Å². The highest BCUT2D eigenvalue weighted by Gasteiger charge is 2.31. The van der Waals surface area contributed by atoms with Gasteiger partial charge in [0.1, 0.15) is 5.75 Å². The van der Waals surface area contributed by atoms with Crippen molar-refractivity contribution in [3.05, 3.63) is 26.7 Å². The van der Waals surface area contributed by atoms with E-state index in [2.05, 4.69) is 15.9 Å². The van der Waals surface area contributed by atoms with Gasteiger partial charge in [0.05, 0.1) is 13.5 Å². The summed E-state index contributed by atoms with van der Waals surface area (Å²) in [6.45, 7) is 5.28. The molecule has 0 radical (unpaired) electrons. The first-order chi connectivity index (χ1) is 7.69. The molecule has 0 amide bonds. The largest absolute Gasteiger partial charge is 0.496 e. The van der Waals surface area contributed by atoms with Gasteiger partial charge < -0.3 is 4.74 Å². The van der Waals surface area contributed by atoms with Gasteiger partial charge in [0.2, 0.25) is 0 Å². The van der Waals surface area contributed by atoms with Crippen molar-refractivity contribution in [1.82, 2.24) is 0 Å². The predicted molar refractivity (Wildman–Crippen MR) is 64.7 cm³/mol. The Hall–Kier alpha value is -0.710. The Bertz CT molecular complexity index is 439. The lowest BCUT2D eigenvalue weighted by Gasteiger charge is -2.19. The third kappa shape index (κ3) is 2.94. The minimum atomic E-state index is -4.24. The summed E-state index contributed by atoms with van der Waals surface area (Å²) in [5, 5.41) is 0. The first kappa shape index (κ1) is 14.4. The number of ether oxygens (including phenoxy) is 1. The summed E-state index contributed by atoms with van der Waals surface area (Å²) in [6, 6.07) is 0. The first-order valence-electron chi connectivity index (χ1n) is 5.08. The molecular formula is C12H14BrF3O. The van der Waals surface area contributed by atoms with E-state index in [0.717, 1.165) is 15.6 Å². The second-order valence-electron chi connectivity index (χ2n) is 3.99. The van der Waals surface area contributed by atoms with Crippen LogP contribution in [0.4, 0.5) is 13.2 Å². The maximum absolute atomic E-state index is 12.5. The third-order valence-electron chi connectivity index (χ3n) is 2.87.